The van der Waals surface area contributed by atoms with Crippen LogP contribution in [-0.4, -0.2) is 40.1 Å². The molecule has 20 heavy (non-hydrogen) atoms. The lowest BCUT2D eigenvalue weighted by Gasteiger charge is -2.52. The van der Waals surface area contributed by atoms with Crippen molar-refractivity contribution in [1.29, 1.82) is 0 Å². The van der Waals surface area contributed by atoms with Crippen LogP contribution in [0.1, 0.15) is 64.2 Å². The Labute approximate surface area is 125 Å². The highest BCUT2D eigenvalue weighted by atomic mass is 28.4. The number of hydrogen-bond acceptors (Lipinski definition) is 3. The van der Waals surface area contributed by atoms with Crippen LogP contribution in [0.2, 0.25) is 5.54 Å². The maximum atomic E-state index is 6.20. The van der Waals surface area contributed by atoms with Gasteiger partial charge in [0.1, 0.15) is 0 Å². The molecule has 0 aromatic heterocycles. The molecule has 3 nitrogen and oxygen atoms in total. The quantitative estimate of drug-likeness (QED) is 0.736. The van der Waals surface area contributed by atoms with Gasteiger partial charge in [0.15, 0.2) is 0 Å². The standard InChI is InChI=1S/C16H31NO2Si/c1-18-20(19-2,15-10-4-5-11-15)17-13-7-9-14-8-3-6-12-16(14)17/h14-16H,3-13H2,1-2H3. The Balaban J connectivity index is 1.84. The molecule has 3 fully saturated rings. The maximum Gasteiger partial charge on any atom is 0.430 e. The van der Waals surface area contributed by atoms with E-state index in [2.05, 4.69) is 4.57 Å². The van der Waals surface area contributed by atoms with Crippen molar-refractivity contribution >= 4 is 8.72 Å². The molecule has 0 amide bonds. The van der Waals surface area contributed by atoms with Crippen LogP contribution >= 0.6 is 0 Å². The van der Waals surface area contributed by atoms with Gasteiger partial charge in [-0.2, -0.15) is 0 Å². The zero-order valence-corrected chi connectivity index (χ0v) is 14.3. The Bertz CT molecular complexity index is 314. The predicted molar refractivity (Wildman–Crippen MR) is 83.7 cm³/mol. The molecule has 1 aliphatic heterocycles. The van der Waals surface area contributed by atoms with Crippen LogP contribution in [0.25, 0.3) is 0 Å². The molecule has 0 radical (unpaired) electrons. The smallest absolute Gasteiger partial charge is 0.386 e. The Morgan fingerprint density at radius 1 is 0.800 bits per heavy atom. The van der Waals surface area contributed by atoms with E-state index in [1.165, 1.54) is 70.8 Å². The first-order valence-electron chi connectivity index (χ1n) is 8.69. The van der Waals surface area contributed by atoms with Crippen molar-refractivity contribution in [3.05, 3.63) is 0 Å². The zero-order chi connectivity index (χ0) is 14.0. The van der Waals surface area contributed by atoms with Crippen LogP contribution in [0.3, 0.4) is 0 Å². The summed E-state index contributed by atoms with van der Waals surface area (Å²) in [7, 11) is 1.65. The average Bonchev–Trinajstić information content (AvgIpc) is 3.04. The van der Waals surface area contributed by atoms with Crippen LogP contribution < -0.4 is 0 Å². The van der Waals surface area contributed by atoms with Crippen molar-refractivity contribution in [2.45, 2.75) is 75.8 Å². The number of fused-ring (bicyclic) bond motifs is 1. The Kier molecular flexibility index (Phi) is 4.85. The molecular formula is C16H31NO2Si. The Morgan fingerprint density at radius 2 is 1.40 bits per heavy atom. The van der Waals surface area contributed by atoms with E-state index in [-0.39, 0.29) is 0 Å². The van der Waals surface area contributed by atoms with Gasteiger partial charge in [0.05, 0.1) is 0 Å². The van der Waals surface area contributed by atoms with Crippen molar-refractivity contribution in [3.63, 3.8) is 0 Å². The second kappa shape index (κ2) is 6.47. The fourth-order valence-electron chi connectivity index (χ4n) is 5.19. The molecular weight excluding hydrogens is 266 g/mol. The molecule has 0 spiro atoms. The van der Waals surface area contributed by atoms with Gasteiger partial charge in [-0.25, -0.2) is 0 Å². The van der Waals surface area contributed by atoms with Crippen molar-refractivity contribution in [2.75, 3.05) is 20.8 Å². The van der Waals surface area contributed by atoms with Gasteiger partial charge < -0.3 is 8.85 Å². The maximum absolute atomic E-state index is 6.20. The van der Waals surface area contributed by atoms with Gasteiger partial charge in [0.25, 0.3) is 0 Å². The molecule has 2 aliphatic carbocycles. The second-order valence-corrected chi connectivity index (χ2v) is 10.4. The van der Waals surface area contributed by atoms with Crippen LogP contribution in [-0.2, 0) is 8.85 Å². The molecule has 3 aliphatic rings. The highest BCUT2D eigenvalue weighted by molar-refractivity contribution is 6.66. The third-order valence-electron chi connectivity index (χ3n) is 6.10. The van der Waals surface area contributed by atoms with Gasteiger partial charge in [-0.1, -0.05) is 25.7 Å². The first kappa shape index (κ1) is 15.0. The van der Waals surface area contributed by atoms with Crippen LogP contribution in [0.4, 0.5) is 0 Å². The largest absolute Gasteiger partial charge is 0.430 e. The molecule has 1 saturated heterocycles. The summed E-state index contributed by atoms with van der Waals surface area (Å²) in [6.45, 7) is 1.21. The van der Waals surface area contributed by atoms with Gasteiger partial charge >= 0.3 is 8.72 Å². The average molecular weight is 298 g/mol. The highest BCUT2D eigenvalue weighted by Gasteiger charge is 2.55. The van der Waals surface area contributed by atoms with E-state index in [0.717, 1.165) is 12.0 Å². The minimum Gasteiger partial charge on any atom is -0.386 e. The summed E-state index contributed by atoms with van der Waals surface area (Å²) in [6.07, 6.45) is 13.8. The monoisotopic (exact) mass is 297 g/mol. The molecule has 2 atom stereocenters. The van der Waals surface area contributed by atoms with Crippen molar-refractivity contribution in [3.8, 4) is 0 Å². The number of hydrogen-bond donors (Lipinski definition) is 0. The summed E-state index contributed by atoms with van der Waals surface area (Å²) in [5.74, 6) is 0.913. The molecule has 0 aromatic carbocycles. The molecule has 4 heteroatoms. The zero-order valence-electron chi connectivity index (χ0n) is 13.3. The lowest BCUT2D eigenvalue weighted by molar-refractivity contribution is 0.0542. The number of piperidine rings is 1. The molecule has 2 saturated carbocycles. The first-order chi connectivity index (χ1) is 9.81. The molecule has 0 N–H and O–H groups in total. The van der Waals surface area contributed by atoms with Crippen LogP contribution in [0, 0.1) is 5.92 Å². The van der Waals surface area contributed by atoms with E-state index in [0.29, 0.717) is 5.54 Å². The second-order valence-electron chi connectivity index (χ2n) is 6.97. The minimum absolute atomic E-state index is 0.693. The fourth-order valence-corrected chi connectivity index (χ4v) is 9.37. The molecule has 0 bridgehead atoms. The molecule has 0 aromatic rings. The molecule has 116 valence electrons. The summed E-state index contributed by atoms with van der Waals surface area (Å²) in [4.78, 5) is 0. The minimum atomic E-state index is -2.18. The first-order valence-corrected chi connectivity index (χ1v) is 10.5. The van der Waals surface area contributed by atoms with Crippen LogP contribution in [0.5, 0.6) is 0 Å². The van der Waals surface area contributed by atoms with E-state index >= 15 is 0 Å². The summed E-state index contributed by atoms with van der Waals surface area (Å²) in [6, 6.07) is 0.754. The Hall–Kier alpha value is 0.0969. The number of nitrogens with zero attached hydrogens (tertiary/aromatic N) is 1. The topological polar surface area (TPSA) is 21.7 Å². The summed E-state index contributed by atoms with van der Waals surface area (Å²) < 4.78 is 15.2. The summed E-state index contributed by atoms with van der Waals surface area (Å²) >= 11 is 0. The highest BCUT2D eigenvalue weighted by Crippen LogP contribution is 2.45. The molecule has 3 rings (SSSR count). The SMILES string of the molecule is CO[Si](OC)(C1CCCC1)N1CCCC2CCCCC21. The van der Waals surface area contributed by atoms with Gasteiger partial charge in [-0.15, -0.1) is 0 Å². The van der Waals surface area contributed by atoms with E-state index in [4.69, 9.17) is 8.85 Å². The number of rotatable bonds is 4. The Morgan fingerprint density at radius 3 is 2.10 bits per heavy atom. The lowest BCUT2D eigenvalue weighted by Crippen LogP contribution is -2.66. The predicted octanol–water partition coefficient (Wildman–Crippen LogP) is 3.82. The summed E-state index contributed by atoms with van der Waals surface area (Å²) in [5, 5.41) is 0. The normalized spacial score (nSPS) is 33.3. The van der Waals surface area contributed by atoms with Crippen LogP contribution in [0.15, 0.2) is 0 Å². The van der Waals surface area contributed by atoms with E-state index in [1.54, 1.807) is 0 Å². The van der Waals surface area contributed by atoms with Crippen molar-refractivity contribution < 1.29 is 8.85 Å². The fraction of sp³-hybridized carbons (Fsp3) is 1.00. The third kappa shape index (κ3) is 2.49. The third-order valence-corrected chi connectivity index (χ3v) is 10.2. The van der Waals surface area contributed by atoms with Gasteiger partial charge in [0, 0.05) is 25.8 Å². The van der Waals surface area contributed by atoms with Crippen molar-refractivity contribution in [1.82, 2.24) is 4.57 Å². The van der Waals surface area contributed by atoms with E-state index in [9.17, 15) is 0 Å². The van der Waals surface area contributed by atoms with Gasteiger partial charge in [-0.3, -0.25) is 4.57 Å². The van der Waals surface area contributed by atoms with E-state index in [1.807, 2.05) is 14.2 Å². The van der Waals surface area contributed by atoms with Crippen molar-refractivity contribution in [2.24, 2.45) is 5.92 Å². The van der Waals surface area contributed by atoms with Gasteiger partial charge in [-0.05, 0) is 51.0 Å². The molecule has 2 unspecified atom stereocenters. The van der Waals surface area contributed by atoms with Gasteiger partial charge in [0.2, 0.25) is 0 Å². The van der Waals surface area contributed by atoms with E-state index < -0.39 is 8.72 Å². The molecule has 1 heterocycles. The summed E-state index contributed by atoms with van der Waals surface area (Å²) in [5.41, 5.74) is 0.693. The lowest BCUT2D eigenvalue weighted by atomic mass is 9.79.